The molecule has 2 fully saturated rings. The number of hydrogen-bond donors (Lipinski definition) is 1. The van der Waals surface area contributed by atoms with Gasteiger partial charge in [0.15, 0.2) is 0 Å². The number of likely N-dealkylation sites (tertiary alicyclic amines) is 1. The molecule has 0 saturated carbocycles. The number of pyridine rings is 1. The van der Waals surface area contributed by atoms with E-state index in [1.54, 1.807) is 6.20 Å². The minimum absolute atomic E-state index is 0.0157. The fourth-order valence-corrected chi connectivity index (χ4v) is 4.15. The van der Waals surface area contributed by atoms with Crippen LogP contribution in [0.2, 0.25) is 0 Å². The molecule has 2 saturated heterocycles. The number of amides is 2. The zero-order chi connectivity index (χ0) is 18.9. The zero-order valence-corrected chi connectivity index (χ0v) is 16.1. The highest BCUT2D eigenvalue weighted by Crippen LogP contribution is 2.36. The van der Waals surface area contributed by atoms with Gasteiger partial charge in [-0.1, -0.05) is 29.8 Å². The topological polar surface area (TPSA) is 54.5 Å². The second kappa shape index (κ2) is 7.31. The number of aryl methyl sites for hydroxylation is 2. The lowest BCUT2D eigenvalue weighted by Crippen LogP contribution is -2.55. The molecule has 1 atom stereocenters. The summed E-state index contributed by atoms with van der Waals surface area (Å²) in [6, 6.07) is 10.1. The molecular weight excluding hydrogens is 338 g/mol. The van der Waals surface area contributed by atoms with Gasteiger partial charge in [0.25, 0.3) is 0 Å². The molecule has 0 unspecified atom stereocenters. The van der Waals surface area contributed by atoms with Crippen LogP contribution in [0, 0.1) is 13.8 Å². The molecule has 1 aromatic carbocycles. The predicted molar refractivity (Wildman–Crippen MR) is 105 cm³/mol. The van der Waals surface area contributed by atoms with Gasteiger partial charge in [-0.2, -0.15) is 0 Å². The van der Waals surface area contributed by atoms with Crippen LogP contribution in [0.4, 0.5) is 4.79 Å². The summed E-state index contributed by atoms with van der Waals surface area (Å²) in [5.74, 6) is 0. The fraction of sp³-hybridized carbons (Fsp3) is 0.455. The number of nitrogens with one attached hydrogen (secondary N) is 1. The normalized spacial score (nSPS) is 19.4. The minimum atomic E-state index is -0.206. The Morgan fingerprint density at radius 1 is 1.22 bits per heavy atom. The summed E-state index contributed by atoms with van der Waals surface area (Å²) in [5, 5.41) is 3.25. The first-order chi connectivity index (χ1) is 13.1. The summed E-state index contributed by atoms with van der Waals surface area (Å²) in [5.41, 5.74) is 4.54. The molecule has 1 spiro atoms. The number of hydrogen-bond acceptors (Lipinski definition) is 3. The van der Waals surface area contributed by atoms with Crippen LogP contribution in [-0.4, -0.2) is 41.2 Å². The first kappa shape index (κ1) is 18.0. The second-order valence-corrected chi connectivity index (χ2v) is 7.80. The van der Waals surface area contributed by atoms with Crippen molar-refractivity contribution < 1.29 is 9.53 Å². The molecule has 1 aromatic heterocycles. The maximum absolute atomic E-state index is 13.0. The average molecular weight is 365 g/mol. The maximum Gasteiger partial charge on any atom is 0.318 e. The van der Waals surface area contributed by atoms with Crippen molar-refractivity contribution in [2.24, 2.45) is 0 Å². The van der Waals surface area contributed by atoms with Crippen molar-refractivity contribution in [3.05, 3.63) is 65.0 Å². The number of carbonyl (C=O) groups excluding carboxylic acids is 1. The third kappa shape index (κ3) is 3.69. The molecule has 3 heterocycles. The second-order valence-electron chi connectivity index (χ2n) is 7.80. The molecule has 27 heavy (non-hydrogen) atoms. The van der Waals surface area contributed by atoms with Crippen molar-refractivity contribution in [3.63, 3.8) is 0 Å². The number of benzene rings is 1. The largest absolute Gasteiger partial charge is 0.375 e. The van der Waals surface area contributed by atoms with E-state index in [0.29, 0.717) is 0 Å². The Hall–Kier alpha value is -2.40. The number of nitrogens with zero attached hydrogens (tertiary/aromatic N) is 2. The van der Waals surface area contributed by atoms with Crippen molar-refractivity contribution in [1.29, 1.82) is 0 Å². The molecule has 142 valence electrons. The first-order valence-corrected chi connectivity index (χ1v) is 9.73. The van der Waals surface area contributed by atoms with Crippen LogP contribution >= 0.6 is 0 Å². The molecule has 4 rings (SSSR count). The van der Waals surface area contributed by atoms with Crippen molar-refractivity contribution in [2.45, 2.75) is 44.8 Å². The van der Waals surface area contributed by atoms with Gasteiger partial charge < -0.3 is 15.0 Å². The molecule has 5 heteroatoms. The summed E-state index contributed by atoms with van der Waals surface area (Å²) in [6.45, 7) is 6.54. The van der Waals surface area contributed by atoms with Crippen molar-refractivity contribution in [1.82, 2.24) is 15.2 Å². The number of ether oxygens (including phenoxy) is 1. The van der Waals surface area contributed by atoms with Crippen LogP contribution in [-0.2, 0) is 4.74 Å². The van der Waals surface area contributed by atoms with Gasteiger partial charge in [0, 0.05) is 25.5 Å². The Morgan fingerprint density at radius 2 is 2.00 bits per heavy atom. The van der Waals surface area contributed by atoms with E-state index in [1.807, 2.05) is 23.2 Å². The van der Waals surface area contributed by atoms with Crippen LogP contribution in [0.3, 0.4) is 0 Å². The highest BCUT2D eigenvalue weighted by molar-refractivity contribution is 5.75. The summed E-state index contributed by atoms with van der Waals surface area (Å²) in [4.78, 5) is 19.2. The molecule has 2 aromatic rings. The number of piperidine rings is 1. The summed E-state index contributed by atoms with van der Waals surface area (Å²) in [7, 11) is 0. The standard InChI is InChI=1S/C22H27N3O2/c1-16-5-6-19(17(2)14-16)20(18-4-3-10-23-15-18)24-21(26)25-11-7-22(8-12-25)9-13-27-22/h3-6,10,14-15,20H,7-9,11-13H2,1-2H3,(H,24,26)/t20-/m1/s1. The van der Waals surface area contributed by atoms with E-state index in [9.17, 15) is 4.79 Å². The monoisotopic (exact) mass is 365 g/mol. The number of aromatic nitrogens is 1. The number of urea groups is 1. The van der Waals surface area contributed by atoms with E-state index in [0.717, 1.165) is 50.1 Å². The summed E-state index contributed by atoms with van der Waals surface area (Å²) >= 11 is 0. The van der Waals surface area contributed by atoms with E-state index in [1.165, 1.54) is 11.1 Å². The van der Waals surface area contributed by atoms with Gasteiger partial charge in [0.05, 0.1) is 18.2 Å². The Balaban J connectivity index is 1.53. The lowest BCUT2D eigenvalue weighted by atomic mass is 9.84. The van der Waals surface area contributed by atoms with E-state index >= 15 is 0 Å². The summed E-state index contributed by atoms with van der Waals surface area (Å²) < 4.78 is 5.77. The van der Waals surface area contributed by atoms with E-state index in [4.69, 9.17) is 4.74 Å². The Morgan fingerprint density at radius 3 is 2.59 bits per heavy atom. The third-order valence-electron chi connectivity index (χ3n) is 5.95. The fourth-order valence-electron chi connectivity index (χ4n) is 4.15. The van der Waals surface area contributed by atoms with E-state index in [2.05, 4.69) is 42.3 Å². The third-order valence-corrected chi connectivity index (χ3v) is 5.95. The zero-order valence-electron chi connectivity index (χ0n) is 16.1. The molecule has 1 N–H and O–H groups in total. The smallest absolute Gasteiger partial charge is 0.318 e. The van der Waals surface area contributed by atoms with Gasteiger partial charge in [-0.05, 0) is 55.9 Å². The highest BCUT2D eigenvalue weighted by atomic mass is 16.5. The Labute approximate surface area is 160 Å². The Kier molecular flexibility index (Phi) is 4.87. The van der Waals surface area contributed by atoms with Gasteiger partial charge in [-0.3, -0.25) is 4.98 Å². The van der Waals surface area contributed by atoms with Crippen LogP contribution in [0.25, 0.3) is 0 Å². The first-order valence-electron chi connectivity index (χ1n) is 9.73. The lowest BCUT2D eigenvalue weighted by molar-refractivity contribution is -0.169. The molecule has 0 bridgehead atoms. The van der Waals surface area contributed by atoms with Crippen molar-refractivity contribution in [3.8, 4) is 0 Å². The molecule has 5 nitrogen and oxygen atoms in total. The predicted octanol–water partition coefficient (Wildman–Crippen LogP) is 3.75. The molecule has 2 aliphatic rings. The Bertz CT molecular complexity index is 808. The van der Waals surface area contributed by atoms with Gasteiger partial charge in [0.1, 0.15) is 0 Å². The van der Waals surface area contributed by atoms with E-state index < -0.39 is 0 Å². The van der Waals surface area contributed by atoms with Crippen LogP contribution < -0.4 is 5.32 Å². The van der Waals surface area contributed by atoms with Crippen LogP contribution in [0.1, 0.15) is 47.6 Å². The molecule has 2 aliphatic heterocycles. The quantitative estimate of drug-likeness (QED) is 0.901. The minimum Gasteiger partial charge on any atom is -0.375 e. The van der Waals surface area contributed by atoms with E-state index in [-0.39, 0.29) is 17.7 Å². The number of rotatable bonds is 3. The SMILES string of the molecule is Cc1ccc([C@H](NC(=O)N2CCC3(CCO3)CC2)c2cccnc2)c(C)c1. The summed E-state index contributed by atoms with van der Waals surface area (Å²) in [6.07, 6.45) is 6.58. The van der Waals surface area contributed by atoms with Gasteiger partial charge in [-0.25, -0.2) is 4.79 Å². The molecule has 0 radical (unpaired) electrons. The van der Waals surface area contributed by atoms with Crippen LogP contribution in [0.5, 0.6) is 0 Å². The average Bonchev–Trinajstić information content (AvgIpc) is 2.66. The molecule has 2 amide bonds. The molecule has 0 aliphatic carbocycles. The van der Waals surface area contributed by atoms with Crippen molar-refractivity contribution >= 4 is 6.03 Å². The highest BCUT2D eigenvalue weighted by Gasteiger charge is 2.42. The lowest BCUT2D eigenvalue weighted by Gasteiger charge is -2.47. The van der Waals surface area contributed by atoms with Gasteiger partial charge in [0.2, 0.25) is 0 Å². The van der Waals surface area contributed by atoms with Gasteiger partial charge in [-0.15, -0.1) is 0 Å². The number of carbonyl (C=O) groups is 1. The molecular formula is C22H27N3O2. The van der Waals surface area contributed by atoms with Crippen LogP contribution in [0.15, 0.2) is 42.7 Å². The van der Waals surface area contributed by atoms with Gasteiger partial charge >= 0.3 is 6.03 Å². The van der Waals surface area contributed by atoms with Crippen molar-refractivity contribution in [2.75, 3.05) is 19.7 Å². The maximum atomic E-state index is 13.0.